The molecule has 1 heterocycles. The first kappa shape index (κ1) is 21.9. The van der Waals surface area contributed by atoms with Crippen LogP contribution in [0.3, 0.4) is 0 Å². The minimum atomic E-state index is -4.46. The molecule has 1 aromatic carbocycles. The number of nitrogens with one attached hydrogen (secondary N) is 2. The molecule has 1 aromatic heterocycles. The number of halogens is 3. The smallest absolute Gasteiger partial charge is 0.422 e. The van der Waals surface area contributed by atoms with E-state index in [-0.39, 0.29) is 35.4 Å². The van der Waals surface area contributed by atoms with Gasteiger partial charge >= 0.3 is 6.18 Å². The summed E-state index contributed by atoms with van der Waals surface area (Å²) >= 11 is 0. The van der Waals surface area contributed by atoms with E-state index in [1.54, 1.807) is 13.8 Å². The third kappa shape index (κ3) is 6.94. The summed E-state index contributed by atoms with van der Waals surface area (Å²) < 4.78 is 40.9. The Morgan fingerprint density at radius 2 is 2.00 bits per heavy atom. The number of ether oxygens (including phenoxy) is 1. The third-order valence-corrected chi connectivity index (χ3v) is 3.54. The summed E-state index contributed by atoms with van der Waals surface area (Å²) in [4.78, 5) is 26.5. The van der Waals surface area contributed by atoms with Crippen LogP contribution < -0.4 is 15.4 Å². The van der Waals surface area contributed by atoms with Crippen LogP contribution in [0.25, 0.3) is 0 Å². The number of rotatable bonds is 8. The molecule has 0 radical (unpaired) electrons. The van der Waals surface area contributed by atoms with Crippen molar-refractivity contribution in [3.63, 3.8) is 0 Å². The molecule has 0 aliphatic heterocycles. The molecule has 2 rings (SSSR count). The molecular weight excluding hydrogens is 393 g/mol. The highest BCUT2D eigenvalue weighted by molar-refractivity contribution is 5.95. The van der Waals surface area contributed by atoms with Crippen molar-refractivity contribution in [3.8, 4) is 5.88 Å². The van der Waals surface area contributed by atoms with E-state index in [4.69, 9.17) is 0 Å². The van der Waals surface area contributed by atoms with Gasteiger partial charge in [-0.1, -0.05) is 6.07 Å². The number of anilines is 1. The lowest BCUT2D eigenvalue weighted by atomic mass is 10.1. The molecule has 0 unspecified atom stereocenters. The van der Waals surface area contributed by atoms with Gasteiger partial charge < -0.3 is 15.4 Å². The van der Waals surface area contributed by atoms with Crippen molar-refractivity contribution in [2.24, 2.45) is 0 Å². The Labute approximate surface area is 164 Å². The number of alkyl halides is 3. The number of hydrogen-bond donors (Lipinski definition) is 2. The standard InChI is InChI=1S/C18H19F3N4O4/c1-11(2)24-17(26)13-4-5-14(15(7-13)25(27)28)22-8-12-3-6-16(23-9-12)29-10-18(19,20)21/h3-7,9,11,22H,8,10H2,1-2H3,(H,24,26). The minimum absolute atomic E-state index is 0.116. The Balaban J connectivity index is 2.06. The number of nitro groups is 1. The van der Waals surface area contributed by atoms with Crippen LogP contribution >= 0.6 is 0 Å². The molecule has 2 aromatic rings. The average Bonchev–Trinajstić information content (AvgIpc) is 2.64. The van der Waals surface area contributed by atoms with Crippen LogP contribution in [0.4, 0.5) is 24.5 Å². The van der Waals surface area contributed by atoms with Crippen LogP contribution in [-0.2, 0) is 6.54 Å². The maximum Gasteiger partial charge on any atom is 0.422 e. The van der Waals surface area contributed by atoms with Gasteiger partial charge in [0.2, 0.25) is 5.88 Å². The summed E-state index contributed by atoms with van der Waals surface area (Å²) in [6, 6.07) is 6.70. The van der Waals surface area contributed by atoms with Crippen LogP contribution in [0.2, 0.25) is 0 Å². The van der Waals surface area contributed by atoms with Gasteiger partial charge in [0.15, 0.2) is 6.61 Å². The number of amides is 1. The Bertz CT molecular complexity index is 870. The summed E-state index contributed by atoms with van der Waals surface area (Å²) in [5.41, 5.74) is 0.636. The monoisotopic (exact) mass is 412 g/mol. The predicted molar refractivity (Wildman–Crippen MR) is 98.8 cm³/mol. The van der Waals surface area contributed by atoms with E-state index in [1.807, 2.05) is 0 Å². The lowest BCUT2D eigenvalue weighted by Gasteiger charge is -2.11. The summed E-state index contributed by atoms with van der Waals surface area (Å²) in [6.07, 6.45) is -3.16. The van der Waals surface area contributed by atoms with Gasteiger partial charge in [0.1, 0.15) is 5.69 Å². The first-order chi connectivity index (χ1) is 13.5. The van der Waals surface area contributed by atoms with Gasteiger partial charge in [-0.05, 0) is 31.5 Å². The Kier molecular flexibility index (Phi) is 6.97. The Hall–Kier alpha value is -3.37. The molecule has 156 valence electrons. The predicted octanol–water partition coefficient (Wildman–Crippen LogP) is 3.68. The molecule has 0 saturated carbocycles. The Morgan fingerprint density at radius 3 is 2.55 bits per heavy atom. The lowest BCUT2D eigenvalue weighted by molar-refractivity contribution is -0.384. The van der Waals surface area contributed by atoms with E-state index in [1.165, 1.54) is 36.5 Å². The van der Waals surface area contributed by atoms with Gasteiger partial charge in [-0.3, -0.25) is 14.9 Å². The zero-order valence-electron chi connectivity index (χ0n) is 15.6. The van der Waals surface area contributed by atoms with E-state index < -0.39 is 23.6 Å². The summed E-state index contributed by atoms with van der Waals surface area (Å²) in [6.45, 7) is 2.23. The Morgan fingerprint density at radius 1 is 1.28 bits per heavy atom. The van der Waals surface area contributed by atoms with E-state index in [0.717, 1.165) is 0 Å². The second-order valence-electron chi connectivity index (χ2n) is 6.38. The minimum Gasteiger partial charge on any atom is -0.468 e. The molecule has 0 bridgehead atoms. The fourth-order valence-electron chi connectivity index (χ4n) is 2.27. The maximum absolute atomic E-state index is 12.1. The number of hydrogen-bond acceptors (Lipinski definition) is 6. The zero-order chi connectivity index (χ0) is 21.6. The summed E-state index contributed by atoms with van der Waals surface area (Å²) in [7, 11) is 0. The van der Waals surface area contributed by atoms with Crippen molar-refractivity contribution >= 4 is 17.3 Å². The van der Waals surface area contributed by atoms with E-state index in [0.29, 0.717) is 5.56 Å². The van der Waals surface area contributed by atoms with Crippen molar-refractivity contribution in [3.05, 3.63) is 57.8 Å². The maximum atomic E-state index is 12.1. The molecular formula is C18H19F3N4O4. The van der Waals surface area contributed by atoms with Crippen LogP contribution in [0.5, 0.6) is 5.88 Å². The van der Waals surface area contributed by atoms with Gasteiger partial charge in [0, 0.05) is 36.5 Å². The molecule has 0 spiro atoms. The van der Waals surface area contributed by atoms with Crippen LogP contribution in [0.1, 0.15) is 29.8 Å². The number of aromatic nitrogens is 1. The third-order valence-electron chi connectivity index (χ3n) is 3.54. The van der Waals surface area contributed by atoms with E-state index in [2.05, 4.69) is 20.4 Å². The summed E-state index contributed by atoms with van der Waals surface area (Å²) in [5.74, 6) is -0.606. The molecule has 11 heteroatoms. The number of benzene rings is 1. The van der Waals surface area contributed by atoms with Crippen LogP contribution in [0.15, 0.2) is 36.5 Å². The molecule has 0 saturated heterocycles. The van der Waals surface area contributed by atoms with Gasteiger partial charge in [-0.2, -0.15) is 13.2 Å². The molecule has 0 aliphatic carbocycles. The van der Waals surface area contributed by atoms with Gasteiger partial charge in [0.05, 0.1) is 4.92 Å². The highest BCUT2D eigenvalue weighted by Crippen LogP contribution is 2.26. The fourth-order valence-corrected chi connectivity index (χ4v) is 2.27. The zero-order valence-corrected chi connectivity index (χ0v) is 15.6. The molecule has 0 fully saturated rings. The fraction of sp³-hybridized carbons (Fsp3) is 0.333. The van der Waals surface area contributed by atoms with E-state index >= 15 is 0 Å². The second-order valence-corrected chi connectivity index (χ2v) is 6.38. The molecule has 0 aliphatic rings. The molecule has 8 nitrogen and oxygen atoms in total. The van der Waals surface area contributed by atoms with Crippen LogP contribution in [0, 0.1) is 10.1 Å². The highest BCUT2D eigenvalue weighted by Gasteiger charge is 2.28. The second kappa shape index (κ2) is 9.22. The normalized spacial score (nSPS) is 11.2. The quantitative estimate of drug-likeness (QED) is 0.506. The van der Waals surface area contributed by atoms with Crippen molar-refractivity contribution < 1.29 is 27.6 Å². The van der Waals surface area contributed by atoms with Crippen molar-refractivity contribution in [1.29, 1.82) is 0 Å². The number of nitro benzene ring substituents is 1. The highest BCUT2D eigenvalue weighted by atomic mass is 19.4. The van der Waals surface area contributed by atoms with Crippen molar-refractivity contribution in [1.82, 2.24) is 10.3 Å². The number of carbonyl (C=O) groups excluding carboxylic acids is 1. The van der Waals surface area contributed by atoms with E-state index in [9.17, 15) is 28.1 Å². The van der Waals surface area contributed by atoms with Gasteiger partial charge in [-0.25, -0.2) is 4.98 Å². The molecule has 0 atom stereocenters. The molecule has 2 N–H and O–H groups in total. The summed E-state index contributed by atoms with van der Waals surface area (Å²) in [5, 5.41) is 16.9. The first-order valence-electron chi connectivity index (χ1n) is 8.53. The topological polar surface area (TPSA) is 106 Å². The number of nitrogens with zero attached hydrogens (tertiary/aromatic N) is 2. The number of pyridine rings is 1. The van der Waals surface area contributed by atoms with Gasteiger partial charge in [0.25, 0.3) is 11.6 Å². The first-order valence-corrected chi connectivity index (χ1v) is 8.53. The van der Waals surface area contributed by atoms with Crippen molar-refractivity contribution in [2.75, 3.05) is 11.9 Å². The molecule has 1 amide bonds. The van der Waals surface area contributed by atoms with Crippen molar-refractivity contribution in [2.45, 2.75) is 32.6 Å². The average molecular weight is 412 g/mol. The van der Waals surface area contributed by atoms with Gasteiger partial charge in [-0.15, -0.1) is 0 Å². The van der Waals surface area contributed by atoms with Crippen LogP contribution in [-0.4, -0.2) is 34.6 Å². The lowest BCUT2D eigenvalue weighted by Crippen LogP contribution is -2.30. The molecule has 29 heavy (non-hydrogen) atoms. The SMILES string of the molecule is CC(C)NC(=O)c1ccc(NCc2ccc(OCC(F)(F)F)nc2)c([N+](=O)[O-])c1. The number of carbonyl (C=O) groups is 1. The largest absolute Gasteiger partial charge is 0.468 e.